The normalized spacial score (nSPS) is 9.92. The second kappa shape index (κ2) is 9.17. The van der Waals surface area contributed by atoms with Gasteiger partial charge in [0.25, 0.3) is 0 Å². The summed E-state index contributed by atoms with van der Waals surface area (Å²) in [5.74, 6) is 0. The van der Waals surface area contributed by atoms with E-state index in [1.54, 1.807) is 7.11 Å². The second-order valence-electron chi connectivity index (χ2n) is 2.70. The number of rotatable bonds is 8. The third-order valence-corrected chi connectivity index (χ3v) is 1.71. The average Bonchev–Trinajstić information content (AvgIpc) is 2.17. The Morgan fingerprint density at radius 3 is 2.77 bits per heavy atom. The zero-order valence-corrected chi connectivity index (χ0v) is 8.03. The standard InChI is InChI=1S/C9H16N2O2/c1-13-9-7-11(5-2-4-10)6-3-8-12/h8H,2-3,5-7,9H2,1H3. The van der Waals surface area contributed by atoms with Crippen LogP contribution in [0.25, 0.3) is 0 Å². The van der Waals surface area contributed by atoms with E-state index in [-0.39, 0.29) is 0 Å². The Kier molecular flexibility index (Phi) is 8.52. The van der Waals surface area contributed by atoms with E-state index in [2.05, 4.69) is 11.0 Å². The van der Waals surface area contributed by atoms with Gasteiger partial charge in [-0.1, -0.05) is 0 Å². The first kappa shape index (κ1) is 12.1. The van der Waals surface area contributed by atoms with Gasteiger partial charge in [0, 0.05) is 39.6 Å². The molecule has 0 heterocycles. The summed E-state index contributed by atoms with van der Waals surface area (Å²) in [4.78, 5) is 12.2. The molecule has 0 aliphatic carbocycles. The lowest BCUT2D eigenvalue weighted by Gasteiger charge is -2.18. The van der Waals surface area contributed by atoms with E-state index in [1.165, 1.54) is 0 Å². The molecule has 0 spiro atoms. The van der Waals surface area contributed by atoms with E-state index in [4.69, 9.17) is 10.00 Å². The van der Waals surface area contributed by atoms with Crippen LogP contribution in [0.3, 0.4) is 0 Å². The van der Waals surface area contributed by atoms with E-state index in [1.807, 2.05) is 0 Å². The molecule has 0 atom stereocenters. The highest BCUT2D eigenvalue weighted by molar-refractivity contribution is 5.49. The Labute approximate surface area is 79.1 Å². The molecule has 0 aliphatic rings. The van der Waals surface area contributed by atoms with Gasteiger partial charge in [0.1, 0.15) is 6.29 Å². The first-order valence-electron chi connectivity index (χ1n) is 4.37. The Morgan fingerprint density at radius 1 is 1.46 bits per heavy atom. The van der Waals surface area contributed by atoms with Gasteiger partial charge >= 0.3 is 0 Å². The van der Waals surface area contributed by atoms with Crippen LogP contribution in [0.15, 0.2) is 0 Å². The smallest absolute Gasteiger partial charge is 0.121 e. The molecule has 0 radical (unpaired) electrons. The molecule has 0 unspecified atom stereocenters. The van der Waals surface area contributed by atoms with Crippen LogP contribution in [0.1, 0.15) is 12.8 Å². The molecular weight excluding hydrogens is 168 g/mol. The number of carbonyl (C=O) groups excluding carboxylic acids is 1. The van der Waals surface area contributed by atoms with Crippen LogP contribution in [0.5, 0.6) is 0 Å². The van der Waals surface area contributed by atoms with E-state index in [0.29, 0.717) is 32.5 Å². The molecule has 0 fully saturated rings. The maximum absolute atomic E-state index is 10.1. The summed E-state index contributed by atoms with van der Waals surface area (Å²) in [5.41, 5.74) is 0. The number of methoxy groups -OCH3 is 1. The SMILES string of the molecule is COCCN(CCC#N)CCC=O. The van der Waals surface area contributed by atoms with Crippen LogP contribution in [-0.2, 0) is 9.53 Å². The van der Waals surface area contributed by atoms with Crippen LogP contribution in [-0.4, -0.2) is 44.5 Å². The second-order valence-corrected chi connectivity index (χ2v) is 2.70. The van der Waals surface area contributed by atoms with Crippen molar-refractivity contribution in [2.24, 2.45) is 0 Å². The molecule has 0 aromatic carbocycles. The average molecular weight is 184 g/mol. The lowest BCUT2D eigenvalue weighted by Crippen LogP contribution is -2.29. The molecule has 4 nitrogen and oxygen atoms in total. The fraction of sp³-hybridized carbons (Fsp3) is 0.778. The van der Waals surface area contributed by atoms with Crippen LogP contribution in [0, 0.1) is 11.3 Å². The fourth-order valence-corrected chi connectivity index (χ4v) is 0.999. The quantitative estimate of drug-likeness (QED) is 0.513. The molecule has 4 heteroatoms. The van der Waals surface area contributed by atoms with Crippen molar-refractivity contribution in [3.05, 3.63) is 0 Å². The summed E-state index contributed by atoms with van der Waals surface area (Å²) in [6.45, 7) is 2.86. The molecule has 0 saturated carbocycles. The molecule has 0 N–H and O–H groups in total. The third-order valence-electron chi connectivity index (χ3n) is 1.71. The van der Waals surface area contributed by atoms with E-state index in [9.17, 15) is 4.79 Å². The van der Waals surface area contributed by atoms with Crippen molar-refractivity contribution in [1.29, 1.82) is 5.26 Å². The van der Waals surface area contributed by atoms with Gasteiger partial charge in [0.15, 0.2) is 0 Å². The minimum atomic E-state index is 0.503. The highest BCUT2D eigenvalue weighted by atomic mass is 16.5. The largest absolute Gasteiger partial charge is 0.383 e. The fourth-order valence-electron chi connectivity index (χ4n) is 0.999. The van der Waals surface area contributed by atoms with Crippen LogP contribution in [0.4, 0.5) is 0 Å². The maximum atomic E-state index is 10.1. The van der Waals surface area contributed by atoms with Crippen molar-refractivity contribution < 1.29 is 9.53 Å². The maximum Gasteiger partial charge on any atom is 0.121 e. The molecule has 0 rings (SSSR count). The minimum Gasteiger partial charge on any atom is -0.383 e. The van der Waals surface area contributed by atoms with Crippen LogP contribution >= 0.6 is 0 Å². The van der Waals surface area contributed by atoms with E-state index < -0.39 is 0 Å². The lowest BCUT2D eigenvalue weighted by molar-refractivity contribution is -0.108. The Balaban J connectivity index is 3.60. The minimum absolute atomic E-state index is 0.503. The summed E-state index contributed by atoms with van der Waals surface area (Å²) in [7, 11) is 1.64. The van der Waals surface area contributed by atoms with Crippen molar-refractivity contribution in [2.45, 2.75) is 12.8 Å². The van der Waals surface area contributed by atoms with Gasteiger partial charge < -0.3 is 9.53 Å². The Hall–Kier alpha value is -0.920. The van der Waals surface area contributed by atoms with Gasteiger partial charge in [-0.05, 0) is 0 Å². The first-order valence-corrected chi connectivity index (χ1v) is 4.37. The summed E-state index contributed by atoms with van der Waals surface area (Å²) in [5, 5.41) is 8.39. The summed E-state index contributed by atoms with van der Waals surface area (Å²) >= 11 is 0. The number of carbonyl (C=O) groups is 1. The molecule has 0 aromatic rings. The van der Waals surface area contributed by atoms with Gasteiger partial charge in [0.2, 0.25) is 0 Å². The summed E-state index contributed by atoms with van der Waals surface area (Å²) in [6, 6.07) is 2.08. The molecule has 0 aromatic heterocycles. The van der Waals surface area contributed by atoms with Gasteiger partial charge in [-0.25, -0.2) is 0 Å². The first-order chi connectivity index (χ1) is 6.35. The van der Waals surface area contributed by atoms with Crippen LogP contribution in [0.2, 0.25) is 0 Å². The molecular formula is C9H16N2O2. The molecule has 0 saturated heterocycles. The number of hydrogen-bond donors (Lipinski definition) is 0. The highest BCUT2D eigenvalue weighted by Crippen LogP contribution is 1.92. The predicted octanol–water partition coefficient (Wildman–Crippen LogP) is 0.437. The molecule has 74 valence electrons. The highest BCUT2D eigenvalue weighted by Gasteiger charge is 2.02. The van der Waals surface area contributed by atoms with Gasteiger partial charge in [0.05, 0.1) is 12.7 Å². The number of nitriles is 1. The zero-order valence-electron chi connectivity index (χ0n) is 8.03. The molecule has 13 heavy (non-hydrogen) atoms. The van der Waals surface area contributed by atoms with Gasteiger partial charge in [-0.3, -0.25) is 4.90 Å². The Morgan fingerprint density at radius 2 is 2.23 bits per heavy atom. The van der Waals surface area contributed by atoms with Crippen LogP contribution < -0.4 is 0 Å². The van der Waals surface area contributed by atoms with E-state index >= 15 is 0 Å². The molecule has 0 amide bonds. The summed E-state index contributed by atoms with van der Waals surface area (Å²) < 4.78 is 4.92. The zero-order chi connectivity index (χ0) is 9.94. The molecule has 0 bridgehead atoms. The van der Waals surface area contributed by atoms with Gasteiger partial charge in [-0.2, -0.15) is 5.26 Å². The van der Waals surface area contributed by atoms with Crippen molar-refractivity contribution in [3.8, 4) is 6.07 Å². The van der Waals surface area contributed by atoms with Crippen molar-refractivity contribution in [1.82, 2.24) is 4.90 Å². The van der Waals surface area contributed by atoms with Crippen molar-refractivity contribution in [3.63, 3.8) is 0 Å². The number of hydrogen-bond acceptors (Lipinski definition) is 4. The number of ether oxygens (including phenoxy) is 1. The van der Waals surface area contributed by atoms with Crippen molar-refractivity contribution in [2.75, 3.05) is 33.4 Å². The topological polar surface area (TPSA) is 53.3 Å². The summed E-state index contributed by atoms with van der Waals surface area (Å²) in [6.07, 6.45) is 1.92. The van der Waals surface area contributed by atoms with Gasteiger partial charge in [-0.15, -0.1) is 0 Å². The van der Waals surface area contributed by atoms with E-state index in [0.717, 1.165) is 12.8 Å². The third kappa shape index (κ3) is 7.44. The van der Waals surface area contributed by atoms with Crippen molar-refractivity contribution >= 4 is 6.29 Å². The lowest BCUT2D eigenvalue weighted by atomic mass is 10.3. The predicted molar refractivity (Wildman–Crippen MR) is 49.2 cm³/mol. The number of nitrogens with zero attached hydrogens (tertiary/aromatic N) is 2. The molecule has 0 aliphatic heterocycles. The Bertz CT molecular complexity index is 165. The number of aldehydes is 1. The monoisotopic (exact) mass is 184 g/mol.